The number of aromatic carboxylic acids is 1. The van der Waals surface area contributed by atoms with E-state index in [-0.39, 0.29) is 11.6 Å². The first kappa shape index (κ1) is 13.9. The number of carboxylic acid groups (broad SMARTS) is 1. The molecule has 2 amide bonds. The molecule has 1 fully saturated rings. The number of nitrogens with zero attached hydrogens (tertiary/aromatic N) is 1. The molecule has 2 N–H and O–H groups in total. The number of hydrogen-bond donors (Lipinski definition) is 2. The summed E-state index contributed by atoms with van der Waals surface area (Å²) in [5.74, 6) is -0.0374. The fourth-order valence-electron chi connectivity index (χ4n) is 2.83. The van der Waals surface area contributed by atoms with Crippen molar-refractivity contribution < 1.29 is 14.7 Å². The van der Waals surface area contributed by atoms with Crippen LogP contribution < -0.4 is 10.2 Å². The number of benzene rings is 1. The maximum absolute atomic E-state index is 12.2. The number of fused-ring (bicyclic) bond motifs is 1. The number of carboxylic acids is 1. The molecule has 1 saturated carbocycles. The van der Waals surface area contributed by atoms with Gasteiger partial charge >= 0.3 is 12.0 Å². The van der Waals surface area contributed by atoms with Crippen molar-refractivity contribution in [1.82, 2.24) is 5.32 Å². The zero-order valence-electron chi connectivity index (χ0n) is 12.0. The Labute approximate surface area is 123 Å². The van der Waals surface area contributed by atoms with Gasteiger partial charge < -0.3 is 10.4 Å². The van der Waals surface area contributed by atoms with Crippen LogP contribution in [-0.2, 0) is 6.42 Å². The maximum Gasteiger partial charge on any atom is 0.335 e. The molecule has 1 aromatic carbocycles. The van der Waals surface area contributed by atoms with Crippen LogP contribution in [0.4, 0.5) is 10.5 Å². The Balaban J connectivity index is 1.57. The molecular formula is C16H20N2O3. The van der Waals surface area contributed by atoms with Crippen molar-refractivity contribution >= 4 is 17.7 Å². The summed E-state index contributed by atoms with van der Waals surface area (Å²) in [6, 6.07) is 4.88. The third-order valence-corrected chi connectivity index (χ3v) is 4.23. The van der Waals surface area contributed by atoms with Crippen molar-refractivity contribution in [2.75, 3.05) is 18.0 Å². The molecule has 0 saturated heterocycles. The second-order valence-corrected chi connectivity index (χ2v) is 5.87. The van der Waals surface area contributed by atoms with Crippen LogP contribution in [0.15, 0.2) is 18.2 Å². The molecular weight excluding hydrogens is 268 g/mol. The van der Waals surface area contributed by atoms with Crippen molar-refractivity contribution in [2.24, 2.45) is 5.92 Å². The van der Waals surface area contributed by atoms with Crippen molar-refractivity contribution in [2.45, 2.75) is 32.1 Å². The monoisotopic (exact) mass is 288 g/mol. The van der Waals surface area contributed by atoms with Gasteiger partial charge in [-0.2, -0.15) is 0 Å². The minimum atomic E-state index is -0.930. The maximum atomic E-state index is 12.2. The quantitative estimate of drug-likeness (QED) is 0.818. The first-order valence-corrected chi connectivity index (χ1v) is 7.57. The van der Waals surface area contributed by atoms with E-state index in [1.165, 1.54) is 19.3 Å². The van der Waals surface area contributed by atoms with Crippen molar-refractivity contribution in [3.05, 3.63) is 29.3 Å². The van der Waals surface area contributed by atoms with E-state index in [1.54, 1.807) is 23.1 Å². The van der Waals surface area contributed by atoms with Gasteiger partial charge in [-0.15, -0.1) is 0 Å². The predicted molar refractivity (Wildman–Crippen MR) is 79.8 cm³/mol. The van der Waals surface area contributed by atoms with Crippen LogP contribution in [0.25, 0.3) is 0 Å². The lowest BCUT2D eigenvalue weighted by atomic mass is 10.1. The van der Waals surface area contributed by atoms with Crippen LogP contribution in [0.3, 0.4) is 0 Å². The van der Waals surface area contributed by atoms with E-state index < -0.39 is 5.97 Å². The first-order valence-electron chi connectivity index (χ1n) is 7.57. The lowest BCUT2D eigenvalue weighted by molar-refractivity contribution is 0.0697. The Kier molecular flexibility index (Phi) is 3.82. The minimum absolute atomic E-state index is 0.0763. The summed E-state index contributed by atoms with van der Waals surface area (Å²) in [5.41, 5.74) is 2.04. The third kappa shape index (κ3) is 3.17. The Bertz CT molecular complexity index is 567. The van der Waals surface area contributed by atoms with E-state index in [9.17, 15) is 9.59 Å². The molecule has 5 heteroatoms. The summed E-state index contributed by atoms with van der Waals surface area (Å²) >= 11 is 0. The summed E-state index contributed by atoms with van der Waals surface area (Å²) in [7, 11) is 0. The van der Waals surface area contributed by atoms with Crippen molar-refractivity contribution in [3.63, 3.8) is 0 Å². The number of carbonyl (C=O) groups is 2. The highest BCUT2D eigenvalue weighted by molar-refractivity contribution is 5.95. The molecule has 5 nitrogen and oxygen atoms in total. The smallest absolute Gasteiger partial charge is 0.335 e. The number of carbonyl (C=O) groups excluding carboxylic acids is 1. The number of anilines is 1. The lowest BCUT2D eigenvalue weighted by Crippen LogP contribution is -2.39. The number of hydrogen-bond acceptors (Lipinski definition) is 2. The highest BCUT2D eigenvalue weighted by Gasteiger charge is 2.25. The summed E-state index contributed by atoms with van der Waals surface area (Å²) in [6.07, 6.45) is 5.65. The van der Waals surface area contributed by atoms with Gasteiger partial charge in [0.15, 0.2) is 0 Å². The summed E-state index contributed by atoms with van der Waals surface area (Å²) < 4.78 is 0. The van der Waals surface area contributed by atoms with E-state index in [1.807, 2.05) is 0 Å². The number of urea groups is 1. The van der Waals surface area contributed by atoms with Crippen molar-refractivity contribution in [1.29, 1.82) is 0 Å². The average molecular weight is 288 g/mol. The molecule has 0 radical (unpaired) electrons. The zero-order chi connectivity index (χ0) is 14.8. The van der Waals surface area contributed by atoms with Gasteiger partial charge in [-0.1, -0.05) is 12.8 Å². The summed E-state index contributed by atoms with van der Waals surface area (Å²) in [4.78, 5) is 24.8. The van der Waals surface area contributed by atoms with Gasteiger partial charge in [0, 0.05) is 18.8 Å². The van der Waals surface area contributed by atoms with E-state index in [0.29, 0.717) is 19.5 Å². The Morgan fingerprint density at radius 2 is 2.14 bits per heavy atom. The van der Waals surface area contributed by atoms with E-state index >= 15 is 0 Å². The minimum Gasteiger partial charge on any atom is -0.478 e. The van der Waals surface area contributed by atoms with Crippen LogP contribution in [0.5, 0.6) is 0 Å². The Hall–Kier alpha value is -2.04. The van der Waals surface area contributed by atoms with Crippen LogP contribution in [0.1, 0.15) is 41.6 Å². The van der Waals surface area contributed by atoms with Gasteiger partial charge in [-0.05, 0) is 48.9 Å². The predicted octanol–water partition coefficient (Wildman–Crippen LogP) is 2.65. The Morgan fingerprint density at radius 3 is 2.86 bits per heavy atom. The third-order valence-electron chi connectivity index (χ3n) is 4.23. The molecule has 2 aliphatic rings. The second kappa shape index (κ2) is 5.76. The highest BCUT2D eigenvalue weighted by atomic mass is 16.4. The summed E-state index contributed by atoms with van der Waals surface area (Å²) in [6.45, 7) is 1.33. The molecule has 112 valence electrons. The van der Waals surface area contributed by atoms with Crippen LogP contribution in [-0.4, -0.2) is 30.2 Å². The average Bonchev–Trinajstić information content (AvgIpc) is 3.20. The van der Waals surface area contributed by atoms with Gasteiger partial charge in [0.25, 0.3) is 0 Å². The zero-order valence-corrected chi connectivity index (χ0v) is 12.0. The van der Waals surface area contributed by atoms with Crippen molar-refractivity contribution in [3.8, 4) is 0 Å². The number of nitrogens with one attached hydrogen (secondary N) is 1. The molecule has 1 heterocycles. The lowest BCUT2D eigenvalue weighted by Gasteiger charge is -2.18. The molecule has 0 bridgehead atoms. The fourth-order valence-corrected chi connectivity index (χ4v) is 2.83. The molecule has 1 aliphatic carbocycles. The van der Waals surface area contributed by atoms with Crippen LogP contribution >= 0.6 is 0 Å². The summed E-state index contributed by atoms with van der Waals surface area (Å²) in [5, 5.41) is 11.9. The van der Waals surface area contributed by atoms with E-state index in [4.69, 9.17) is 5.11 Å². The van der Waals surface area contributed by atoms with Gasteiger partial charge in [-0.25, -0.2) is 9.59 Å². The van der Waals surface area contributed by atoms with Gasteiger partial charge in [0.05, 0.1) is 5.56 Å². The Morgan fingerprint density at radius 1 is 1.33 bits per heavy atom. The molecule has 0 atom stereocenters. The SMILES string of the molecule is O=C(O)c1ccc2c(c1)CCN2C(=O)NCCCC1CC1. The van der Waals surface area contributed by atoms with Gasteiger partial charge in [-0.3, -0.25) is 4.90 Å². The second-order valence-electron chi connectivity index (χ2n) is 5.87. The fraction of sp³-hybridized carbons (Fsp3) is 0.500. The van der Waals surface area contributed by atoms with E-state index in [2.05, 4.69) is 5.32 Å². The molecule has 3 rings (SSSR count). The molecule has 0 spiro atoms. The van der Waals surface area contributed by atoms with Crippen LogP contribution in [0.2, 0.25) is 0 Å². The number of rotatable bonds is 5. The molecule has 21 heavy (non-hydrogen) atoms. The topological polar surface area (TPSA) is 69.6 Å². The largest absolute Gasteiger partial charge is 0.478 e. The van der Waals surface area contributed by atoms with Gasteiger partial charge in [0.1, 0.15) is 0 Å². The molecule has 0 aromatic heterocycles. The van der Waals surface area contributed by atoms with Crippen LogP contribution in [0, 0.1) is 5.92 Å². The molecule has 1 aliphatic heterocycles. The first-order chi connectivity index (χ1) is 10.1. The normalized spacial score (nSPS) is 16.7. The van der Waals surface area contributed by atoms with Gasteiger partial charge in [0.2, 0.25) is 0 Å². The molecule has 0 unspecified atom stereocenters. The van der Waals surface area contributed by atoms with E-state index in [0.717, 1.165) is 23.6 Å². The number of amides is 2. The molecule has 1 aromatic rings. The standard InChI is InChI=1S/C16H20N2O3/c19-15(20)13-5-6-14-12(10-13)7-9-18(14)16(21)17-8-1-2-11-3-4-11/h5-6,10-11H,1-4,7-9H2,(H,17,21)(H,19,20). The highest BCUT2D eigenvalue weighted by Crippen LogP contribution is 2.33.